The smallest absolute Gasteiger partial charge is 0.291 e. The van der Waals surface area contributed by atoms with Gasteiger partial charge in [0, 0.05) is 13.1 Å². The summed E-state index contributed by atoms with van der Waals surface area (Å²) in [4.78, 5) is 24.1. The molecule has 23 heavy (non-hydrogen) atoms. The molecule has 8 heteroatoms. The lowest BCUT2D eigenvalue weighted by Gasteiger charge is -2.07. The van der Waals surface area contributed by atoms with Crippen LogP contribution < -0.4 is 16.0 Å². The second kappa shape index (κ2) is 10.0. The number of anilines is 1. The summed E-state index contributed by atoms with van der Waals surface area (Å²) in [5, 5.41) is 11.0. The van der Waals surface area contributed by atoms with Crippen molar-refractivity contribution in [2.75, 3.05) is 25.0 Å². The molecule has 0 radical (unpaired) electrons. The van der Waals surface area contributed by atoms with Crippen LogP contribution in [0.2, 0.25) is 0 Å². The number of rotatable bonds is 8. The van der Waals surface area contributed by atoms with Gasteiger partial charge < -0.3 is 20.4 Å². The summed E-state index contributed by atoms with van der Waals surface area (Å²) < 4.78 is 5.03. The average molecular weight is 358 g/mol. The van der Waals surface area contributed by atoms with Crippen LogP contribution in [0.25, 0.3) is 0 Å². The molecular formula is C15H20ClN3O3S. The first-order valence-corrected chi connectivity index (χ1v) is 8.01. The zero-order chi connectivity index (χ0) is 15.8. The zero-order valence-corrected chi connectivity index (χ0v) is 14.4. The lowest BCUT2D eigenvalue weighted by molar-refractivity contribution is 0.0955. The summed E-state index contributed by atoms with van der Waals surface area (Å²) in [7, 11) is 0. The van der Waals surface area contributed by atoms with Crippen LogP contribution in [0, 0.1) is 0 Å². The summed E-state index contributed by atoms with van der Waals surface area (Å²) in [5.74, 6) is -0.357. The van der Waals surface area contributed by atoms with Gasteiger partial charge in [0.1, 0.15) is 5.00 Å². The first-order valence-electron chi connectivity index (χ1n) is 7.13. The Labute approximate surface area is 145 Å². The van der Waals surface area contributed by atoms with Gasteiger partial charge in [-0.05, 0) is 36.5 Å². The van der Waals surface area contributed by atoms with Gasteiger partial charge in [-0.15, -0.1) is 23.7 Å². The molecule has 0 unspecified atom stereocenters. The van der Waals surface area contributed by atoms with Gasteiger partial charge in [0.05, 0.1) is 11.8 Å². The number of nitrogens with one attached hydrogen (secondary N) is 3. The molecule has 3 N–H and O–H groups in total. The van der Waals surface area contributed by atoms with E-state index in [1.165, 1.54) is 17.6 Å². The molecule has 2 heterocycles. The average Bonchev–Trinajstić information content (AvgIpc) is 3.18. The van der Waals surface area contributed by atoms with E-state index >= 15 is 0 Å². The molecule has 0 aliphatic carbocycles. The number of carbonyl (C=O) groups excluding carboxylic acids is 2. The Morgan fingerprint density at radius 2 is 2.00 bits per heavy atom. The van der Waals surface area contributed by atoms with Crippen molar-refractivity contribution in [3.8, 4) is 0 Å². The minimum atomic E-state index is -0.369. The number of amides is 2. The minimum absolute atomic E-state index is 0. The maximum atomic E-state index is 12.1. The fourth-order valence-electron chi connectivity index (χ4n) is 1.82. The second-order valence-electron chi connectivity index (χ2n) is 4.60. The molecule has 2 amide bonds. The molecule has 0 fully saturated rings. The Morgan fingerprint density at radius 3 is 2.70 bits per heavy atom. The highest BCUT2D eigenvalue weighted by atomic mass is 35.5. The highest BCUT2D eigenvalue weighted by Gasteiger charge is 2.16. The number of hydrogen-bond donors (Lipinski definition) is 3. The van der Waals surface area contributed by atoms with E-state index in [0.29, 0.717) is 17.1 Å². The van der Waals surface area contributed by atoms with Crippen LogP contribution in [-0.2, 0) is 0 Å². The molecule has 0 aliphatic rings. The highest BCUT2D eigenvalue weighted by Crippen LogP contribution is 2.23. The molecule has 0 aromatic carbocycles. The minimum Gasteiger partial charge on any atom is -0.459 e. The van der Waals surface area contributed by atoms with Crippen LogP contribution >= 0.6 is 23.7 Å². The standard InChI is InChI=1S/C15H19N3O3S.ClH/c1-2-6-16-7-8-17-13(19)11-5-10-22-15(11)18-14(20)12-4-3-9-21-12;/h3-5,9-10,16H,2,6-8H2,1H3,(H,17,19)(H,18,20);1H. The lowest BCUT2D eigenvalue weighted by Crippen LogP contribution is -2.32. The molecule has 0 atom stereocenters. The van der Waals surface area contributed by atoms with E-state index in [-0.39, 0.29) is 30.0 Å². The molecule has 0 saturated heterocycles. The van der Waals surface area contributed by atoms with Crippen LogP contribution in [0.1, 0.15) is 34.3 Å². The van der Waals surface area contributed by atoms with Gasteiger partial charge in [-0.3, -0.25) is 9.59 Å². The van der Waals surface area contributed by atoms with E-state index in [2.05, 4.69) is 22.9 Å². The van der Waals surface area contributed by atoms with Crippen LogP contribution in [0.4, 0.5) is 5.00 Å². The summed E-state index contributed by atoms with van der Waals surface area (Å²) in [5.41, 5.74) is 0.459. The quantitative estimate of drug-likeness (QED) is 0.634. The van der Waals surface area contributed by atoms with Crippen molar-refractivity contribution < 1.29 is 14.0 Å². The third-order valence-corrected chi connectivity index (χ3v) is 3.73. The largest absolute Gasteiger partial charge is 0.459 e. The highest BCUT2D eigenvalue weighted by molar-refractivity contribution is 7.14. The normalized spacial score (nSPS) is 9.96. The molecule has 2 aromatic rings. The molecule has 2 rings (SSSR count). The Balaban J connectivity index is 0.00000264. The van der Waals surface area contributed by atoms with E-state index in [4.69, 9.17) is 4.42 Å². The molecule has 126 valence electrons. The predicted molar refractivity (Wildman–Crippen MR) is 93.7 cm³/mol. The number of furan rings is 1. The van der Waals surface area contributed by atoms with Gasteiger partial charge in [-0.25, -0.2) is 0 Å². The van der Waals surface area contributed by atoms with Crippen LogP contribution in [0.15, 0.2) is 34.3 Å². The van der Waals surface area contributed by atoms with Crippen LogP contribution in [0.5, 0.6) is 0 Å². The summed E-state index contributed by atoms with van der Waals surface area (Å²) >= 11 is 1.30. The van der Waals surface area contributed by atoms with Gasteiger partial charge in [-0.2, -0.15) is 0 Å². The van der Waals surface area contributed by atoms with Crippen molar-refractivity contribution in [2.24, 2.45) is 0 Å². The first kappa shape index (κ1) is 19.2. The summed E-state index contributed by atoms with van der Waals surface area (Å²) in [6.45, 7) is 4.28. The maximum Gasteiger partial charge on any atom is 0.291 e. The van der Waals surface area contributed by atoms with E-state index in [9.17, 15) is 9.59 Å². The Hall–Kier alpha value is -1.83. The fourth-order valence-corrected chi connectivity index (χ4v) is 2.60. The predicted octanol–water partition coefficient (Wildman–Crippen LogP) is 2.74. The molecular weight excluding hydrogens is 338 g/mol. The van der Waals surface area contributed by atoms with Gasteiger partial charge in [0.25, 0.3) is 11.8 Å². The van der Waals surface area contributed by atoms with Crippen LogP contribution in [0.3, 0.4) is 0 Å². The van der Waals surface area contributed by atoms with Gasteiger partial charge in [-0.1, -0.05) is 6.92 Å². The van der Waals surface area contributed by atoms with Crippen molar-refractivity contribution >= 4 is 40.6 Å². The monoisotopic (exact) mass is 357 g/mol. The van der Waals surface area contributed by atoms with Crippen molar-refractivity contribution in [3.05, 3.63) is 41.2 Å². The van der Waals surface area contributed by atoms with Crippen LogP contribution in [-0.4, -0.2) is 31.4 Å². The third-order valence-electron chi connectivity index (χ3n) is 2.90. The number of halogens is 1. The van der Waals surface area contributed by atoms with Crippen molar-refractivity contribution in [1.82, 2.24) is 10.6 Å². The molecule has 0 bridgehead atoms. The SMILES string of the molecule is CCCNCCNC(=O)c1ccsc1NC(=O)c1ccco1.Cl. The number of thiophene rings is 1. The zero-order valence-electron chi connectivity index (χ0n) is 12.8. The van der Waals surface area contributed by atoms with Crippen molar-refractivity contribution in [2.45, 2.75) is 13.3 Å². The Morgan fingerprint density at radius 1 is 1.17 bits per heavy atom. The van der Waals surface area contributed by atoms with E-state index in [1.54, 1.807) is 23.6 Å². The fraction of sp³-hybridized carbons (Fsp3) is 0.333. The Bertz CT molecular complexity index is 613. The molecule has 0 aliphatic heterocycles. The van der Waals surface area contributed by atoms with E-state index in [1.807, 2.05) is 0 Å². The van der Waals surface area contributed by atoms with Gasteiger partial charge in [0.15, 0.2) is 5.76 Å². The third kappa shape index (κ3) is 5.70. The van der Waals surface area contributed by atoms with Crippen molar-refractivity contribution in [3.63, 3.8) is 0 Å². The van der Waals surface area contributed by atoms with Gasteiger partial charge in [0.2, 0.25) is 0 Å². The second-order valence-corrected chi connectivity index (χ2v) is 5.52. The van der Waals surface area contributed by atoms with E-state index < -0.39 is 0 Å². The first-order chi connectivity index (χ1) is 10.7. The maximum absolute atomic E-state index is 12.1. The molecule has 6 nitrogen and oxygen atoms in total. The van der Waals surface area contributed by atoms with Crippen molar-refractivity contribution in [1.29, 1.82) is 0 Å². The molecule has 2 aromatic heterocycles. The number of carbonyl (C=O) groups is 2. The topological polar surface area (TPSA) is 83.4 Å². The Kier molecular flexibility index (Phi) is 8.39. The van der Waals surface area contributed by atoms with E-state index in [0.717, 1.165) is 19.5 Å². The summed E-state index contributed by atoms with van der Waals surface area (Å²) in [6.07, 6.45) is 2.49. The molecule has 0 spiro atoms. The van der Waals surface area contributed by atoms with Gasteiger partial charge >= 0.3 is 0 Å². The lowest BCUT2D eigenvalue weighted by atomic mass is 10.3. The number of hydrogen-bond acceptors (Lipinski definition) is 5. The molecule has 0 saturated carbocycles. The summed E-state index contributed by atoms with van der Waals surface area (Å²) in [6, 6.07) is 4.90.